The molecular formula is C18H25N3O4S2. The third-order valence-corrected chi connectivity index (χ3v) is 7.32. The average molecular weight is 412 g/mol. The van der Waals surface area contributed by atoms with E-state index in [1.54, 1.807) is 18.6 Å². The van der Waals surface area contributed by atoms with Crippen LogP contribution in [0.15, 0.2) is 46.0 Å². The number of hydrogen-bond donors (Lipinski definition) is 1. The first-order valence-corrected chi connectivity index (χ1v) is 10.6. The molecule has 0 fully saturated rings. The summed E-state index contributed by atoms with van der Waals surface area (Å²) in [4.78, 5) is 14.3. The molecule has 1 amide bonds. The van der Waals surface area contributed by atoms with Gasteiger partial charge in [-0.2, -0.15) is 4.31 Å². The number of amides is 1. The number of likely N-dealkylation sites (N-methyl/N-ethyl adjacent to an activating group) is 2. The van der Waals surface area contributed by atoms with E-state index >= 15 is 0 Å². The van der Waals surface area contributed by atoms with Crippen molar-refractivity contribution in [2.45, 2.75) is 10.3 Å². The molecule has 1 aromatic carbocycles. The third-order valence-electron chi connectivity index (χ3n) is 4.14. The number of nitrogens with one attached hydrogen (secondary N) is 1. The van der Waals surface area contributed by atoms with Crippen LogP contribution in [0.2, 0.25) is 0 Å². The smallest absolute Gasteiger partial charge is 0.252 e. The summed E-state index contributed by atoms with van der Waals surface area (Å²) < 4.78 is 31.2. The van der Waals surface area contributed by atoms with E-state index in [0.29, 0.717) is 6.54 Å². The molecule has 2 aromatic rings. The molecule has 0 saturated heterocycles. The minimum atomic E-state index is -3.64. The molecule has 0 aliphatic heterocycles. The Kier molecular flexibility index (Phi) is 7.37. The number of ether oxygens (including phenoxy) is 1. The summed E-state index contributed by atoms with van der Waals surface area (Å²) in [6.07, 6.45) is 0. The summed E-state index contributed by atoms with van der Waals surface area (Å²) in [7, 11) is 3.23. The van der Waals surface area contributed by atoms with Crippen LogP contribution in [0.5, 0.6) is 5.75 Å². The Morgan fingerprint density at radius 1 is 1.19 bits per heavy atom. The van der Waals surface area contributed by atoms with E-state index < -0.39 is 10.0 Å². The number of rotatable bonds is 9. The van der Waals surface area contributed by atoms with Crippen LogP contribution < -0.4 is 10.1 Å². The molecule has 1 N–H and O–H groups in total. The Morgan fingerprint density at radius 2 is 1.85 bits per heavy atom. The topological polar surface area (TPSA) is 79.0 Å². The summed E-state index contributed by atoms with van der Waals surface area (Å²) in [5.41, 5.74) is 1.03. The highest BCUT2D eigenvalue weighted by Crippen LogP contribution is 2.21. The van der Waals surface area contributed by atoms with E-state index in [-0.39, 0.29) is 22.7 Å². The third kappa shape index (κ3) is 5.52. The molecule has 1 atom stereocenters. The second kappa shape index (κ2) is 9.32. The molecule has 1 heterocycles. The van der Waals surface area contributed by atoms with E-state index in [1.807, 2.05) is 43.3 Å². The fourth-order valence-electron chi connectivity index (χ4n) is 2.54. The average Bonchev–Trinajstić information content (AvgIpc) is 3.17. The number of hydrogen-bond acceptors (Lipinski definition) is 6. The predicted molar refractivity (Wildman–Crippen MR) is 107 cm³/mol. The van der Waals surface area contributed by atoms with Gasteiger partial charge in [0.1, 0.15) is 9.96 Å². The van der Waals surface area contributed by atoms with Gasteiger partial charge in [-0.05, 0) is 43.2 Å². The van der Waals surface area contributed by atoms with Crippen molar-refractivity contribution >= 4 is 27.3 Å². The zero-order chi connectivity index (χ0) is 20.0. The zero-order valence-corrected chi connectivity index (χ0v) is 17.5. The van der Waals surface area contributed by atoms with Crippen LogP contribution in [0.25, 0.3) is 0 Å². The van der Waals surface area contributed by atoms with Crippen LogP contribution >= 0.6 is 11.3 Å². The monoisotopic (exact) mass is 411 g/mol. The molecule has 1 aromatic heterocycles. The molecule has 9 heteroatoms. The van der Waals surface area contributed by atoms with Gasteiger partial charge in [-0.15, -0.1) is 11.3 Å². The Labute approximate surface area is 164 Å². The van der Waals surface area contributed by atoms with Crippen LogP contribution in [-0.2, 0) is 14.8 Å². The molecule has 27 heavy (non-hydrogen) atoms. The highest BCUT2D eigenvalue weighted by atomic mass is 32.2. The van der Waals surface area contributed by atoms with Gasteiger partial charge in [-0.25, -0.2) is 8.42 Å². The van der Waals surface area contributed by atoms with Crippen molar-refractivity contribution in [1.82, 2.24) is 14.5 Å². The Hall–Kier alpha value is -1.94. The number of nitrogens with zero attached hydrogens (tertiary/aromatic N) is 2. The second-order valence-corrected chi connectivity index (χ2v) is 9.47. The summed E-state index contributed by atoms with van der Waals surface area (Å²) >= 11 is 1.13. The summed E-state index contributed by atoms with van der Waals surface area (Å²) in [6.45, 7) is 0.133. The highest BCUT2D eigenvalue weighted by molar-refractivity contribution is 7.91. The summed E-state index contributed by atoms with van der Waals surface area (Å²) in [6, 6.07) is 10.8. The minimum absolute atomic E-state index is 0.0425. The van der Waals surface area contributed by atoms with Crippen LogP contribution in [0.1, 0.15) is 11.6 Å². The lowest BCUT2D eigenvalue weighted by molar-refractivity contribution is -0.121. The Morgan fingerprint density at radius 3 is 2.37 bits per heavy atom. The van der Waals surface area contributed by atoms with Gasteiger partial charge in [0.15, 0.2) is 0 Å². The van der Waals surface area contributed by atoms with Gasteiger partial charge >= 0.3 is 0 Å². The van der Waals surface area contributed by atoms with Crippen molar-refractivity contribution in [2.75, 3.05) is 41.3 Å². The van der Waals surface area contributed by atoms with Crippen LogP contribution in [0, 0.1) is 0 Å². The van der Waals surface area contributed by atoms with Gasteiger partial charge < -0.3 is 15.0 Å². The van der Waals surface area contributed by atoms with Crippen molar-refractivity contribution in [2.24, 2.45) is 0 Å². The van der Waals surface area contributed by atoms with Crippen LogP contribution in [0.4, 0.5) is 0 Å². The lowest BCUT2D eigenvalue weighted by atomic mass is 10.1. The number of benzene rings is 1. The van der Waals surface area contributed by atoms with Crippen LogP contribution in [-0.4, -0.2) is 64.9 Å². The maximum absolute atomic E-state index is 12.4. The van der Waals surface area contributed by atoms with E-state index in [0.717, 1.165) is 27.0 Å². The van der Waals surface area contributed by atoms with Crippen LogP contribution in [0.3, 0.4) is 0 Å². The molecular weight excluding hydrogens is 386 g/mol. The minimum Gasteiger partial charge on any atom is -0.497 e. The lowest BCUT2D eigenvalue weighted by Crippen LogP contribution is -2.41. The number of carbonyl (C=O) groups excluding carboxylic acids is 1. The molecule has 0 spiro atoms. The normalized spacial score (nSPS) is 13.0. The maximum atomic E-state index is 12.4. The summed E-state index contributed by atoms with van der Waals surface area (Å²) in [5.74, 6) is 0.415. The van der Waals surface area contributed by atoms with Gasteiger partial charge in [-0.1, -0.05) is 18.2 Å². The second-order valence-electron chi connectivity index (χ2n) is 6.25. The molecule has 0 aliphatic rings. The highest BCUT2D eigenvalue weighted by Gasteiger charge is 2.24. The molecule has 0 saturated carbocycles. The number of methoxy groups -OCH3 is 1. The van der Waals surface area contributed by atoms with Gasteiger partial charge in [-0.3, -0.25) is 4.79 Å². The SMILES string of the molecule is COc1ccc(C(CNC(=O)CN(C)S(=O)(=O)c2cccs2)N(C)C)cc1. The van der Waals surface area contributed by atoms with Gasteiger partial charge in [0.05, 0.1) is 19.7 Å². The maximum Gasteiger partial charge on any atom is 0.252 e. The first kappa shape index (κ1) is 21.4. The quantitative estimate of drug-likeness (QED) is 0.681. The number of thiophene rings is 1. The summed E-state index contributed by atoms with van der Waals surface area (Å²) in [5, 5.41) is 4.52. The molecule has 2 rings (SSSR count). The van der Waals surface area contributed by atoms with Gasteiger partial charge in [0.2, 0.25) is 5.91 Å². The van der Waals surface area contributed by atoms with E-state index in [2.05, 4.69) is 5.32 Å². The van der Waals surface area contributed by atoms with Crippen molar-refractivity contribution in [3.8, 4) is 5.75 Å². The van der Waals surface area contributed by atoms with Crippen molar-refractivity contribution in [1.29, 1.82) is 0 Å². The lowest BCUT2D eigenvalue weighted by Gasteiger charge is -2.25. The van der Waals surface area contributed by atoms with Crippen molar-refractivity contribution in [3.05, 3.63) is 47.3 Å². The molecule has 0 bridgehead atoms. The fourth-order valence-corrected chi connectivity index (χ4v) is 4.87. The van der Waals surface area contributed by atoms with Crippen molar-refractivity contribution in [3.63, 3.8) is 0 Å². The Bertz CT molecular complexity index is 834. The molecule has 0 aliphatic carbocycles. The molecule has 0 radical (unpaired) electrons. The standard InChI is InChI=1S/C18H25N3O4S2/c1-20(2)16(14-7-9-15(25-4)10-8-14)12-19-17(22)13-21(3)27(23,24)18-6-5-11-26-18/h5-11,16H,12-13H2,1-4H3,(H,19,22). The largest absolute Gasteiger partial charge is 0.497 e. The molecule has 1 unspecified atom stereocenters. The fraction of sp³-hybridized carbons (Fsp3) is 0.389. The van der Waals surface area contributed by atoms with E-state index in [9.17, 15) is 13.2 Å². The molecule has 7 nitrogen and oxygen atoms in total. The zero-order valence-electron chi connectivity index (χ0n) is 15.9. The first-order valence-electron chi connectivity index (χ1n) is 8.32. The van der Waals surface area contributed by atoms with Crippen molar-refractivity contribution < 1.29 is 17.9 Å². The van der Waals surface area contributed by atoms with E-state index in [4.69, 9.17) is 4.74 Å². The Balaban J connectivity index is 1.97. The van der Waals surface area contributed by atoms with E-state index in [1.165, 1.54) is 13.1 Å². The number of sulfonamides is 1. The predicted octanol–water partition coefficient (Wildman–Crippen LogP) is 1.80. The number of carbonyl (C=O) groups is 1. The van der Waals surface area contributed by atoms with Gasteiger partial charge in [0, 0.05) is 13.6 Å². The van der Waals surface area contributed by atoms with Gasteiger partial charge in [0.25, 0.3) is 10.0 Å². The molecule has 148 valence electrons. The first-order chi connectivity index (χ1) is 12.8.